The lowest BCUT2D eigenvalue weighted by atomic mass is 10.1. The molecule has 3 atom stereocenters. The van der Waals surface area contributed by atoms with E-state index in [0.29, 0.717) is 13.1 Å². The second-order valence-corrected chi connectivity index (χ2v) is 5.39. The molecule has 7 heteroatoms. The Hall–Kier alpha value is -1.11. The number of nitrogens with one attached hydrogen (secondary N) is 1. The summed E-state index contributed by atoms with van der Waals surface area (Å²) in [5, 5.41) is 7.23. The Labute approximate surface area is 132 Å². The van der Waals surface area contributed by atoms with Crippen molar-refractivity contribution in [2.75, 3.05) is 20.1 Å². The number of ether oxygens (including phenoxy) is 1. The number of likely N-dealkylation sites (N-methyl/N-ethyl adjacent to an activating group) is 1. The minimum atomic E-state index is -0.341. The molecule has 1 aromatic heterocycles. The number of rotatable bonds is 4. The van der Waals surface area contributed by atoms with Gasteiger partial charge in [0.2, 0.25) is 5.91 Å². The first kappa shape index (κ1) is 17.9. The van der Waals surface area contributed by atoms with Crippen LogP contribution in [0.5, 0.6) is 0 Å². The smallest absolute Gasteiger partial charge is 0.244 e. The molecule has 6 nitrogen and oxygen atoms in total. The maximum atomic E-state index is 12.7. The van der Waals surface area contributed by atoms with Crippen molar-refractivity contribution in [2.24, 2.45) is 7.05 Å². The molecule has 3 unspecified atom stereocenters. The summed E-state index contributed by atoms with van der Waals surface area (Å²) in [5.74, 6) is 0.0918. The van der Waals surface area contributed by atoms with Gasteiger partial charge in [-0.2, -0.15) is 5.10 Å². The van der Waals surface area contributed by atoms with Gasteiger partial charge in [-0.15, -0.1) is 12.4 Å². The lowest BCUT2D eigenvalue weighted by Crippen LogP contribution is -2.51. The van der Waals surface area contributed by atoms with Gasteiger partial charge in [-0.25, -0.2) is 0 Å². The highest BCUT2D eigenvalue weighted by molar-refractivity contribution is 5.85. The lowest BCUT2D eigenvalue weighted by Gasteiger charge is -2.38. The minimum absolute atomic E-state index is 0. The molecule has 1 amide bonds. The number of amides is 1. The fourth-order valence-electron chi connectivity index (χ4n) is 2.66. The van der Waals surface area contributed by atoms with Crippen molar-refractivity contribution in [3.63, 3.8) is 0 Å². The van der Waals surface area contributed by atoms with E-state index in [-0.39, 0.29) is 36.6 Å². The molecule has 1 aromatic rings. The number of aryl methyl sites for hydroxylation is 1. The molecule has 1 saturated heterocycles. The number of nitrogens with zero attached hydrogens (tertiary/aromatic N) is 3. The van der Waals surface area contributed by atoms with Crippen LogP contribution in [-0.2, 0) is 16.6 Å². The molecule has 0 bridgehead atoms. The summed E-state index contributed by atoms with van der Waals surface area (Å²) in [6.07, 6.45) is 4.75. The van der Waals surface area contributed by atoms with Gasteiger partial charge in [-0.3, -0.25) is 9.48 Å². The van der Waals surface area contributed by atoms with Gasteiger partial charge in [0.15, 0.2) is 0 Å². The van der Waals surface area contributed by atoms with E-state index in [4.69, 9.17) is 4.74 Å². The fourth-order valence-corrected chi connectivity index (χ4v) is 2.66. The molecule has 120 valence electrons. The first-order valence-electron chi connectivity index (χ1n) is 7.15. The van der Waals surface area contributed by atoms with Crippen LogP contribution in [-0.4, -0.2) is 52.9 Å². The quantitative estimate of drug-likeness (QED) is 0.904. The average Bonchev–Trinajstić information content (AvgIpc) is 2.85. The van der Waals surface area contributed by atoms with Gasteiger partial charge in [0.05, 0.1) is 18.4 Å². The number of aromatic nitrogens is 2. The predicted molar refractivity (Wildman–Crippen MR) is 83.5 cm³/mol. The van der Waals surface area contributed by atoms with Crippen LogP contribution in [0.15, 0.2) is 12.4 Å². The second-order valence-electron chi connectivity index (χ2n) is 5.39. The van der Waals surface area contributed by atoms with E-state index < -0.39 is 0 Å². The van der Waals surface area contributed by atoms with E-state index in [9.17, 15) is 4.79 Å². The maximum absolute atomic E-state index is 12.7. The van der Waals surface area contributed by atoms with Crippen LogP contribution >= 0.6 is 12.4 Å². The number of hydrogen-bond donors (Lipinski definition) is 1. The molecule has 0 aromatic carbocycles. The van der Waals surface area contributed by atoms with Gasteiger partial charge in [0, 0.05) is 31.9 Å². The summed E-state index contributed by atoms with van der Waals surface area (Å²) in [6, 6.07) is -0.341. The van der Waals surface area contributed by atoms with Crippen LogP contribution in [0.4, 0.5) is 0 Å². The van der Waals surface area contributed by atoms with Crippen molar-refractivity contribution in [3.05, 3.63) is 18.0 Å². The Morgan fingerprint density at radius 1 is 1.57 bits per heavy atom. The van der Waals surface area contributed by atoms with Gasteiger partial charge >= 0.3 is 0 Å². The fraction of sp³-hybridized carbons (Fsp3) is 0.714. The lowest BCUT2D eigenvalue weighted by molar-refractivity contribution is -0.146. The molecule has 0 radical (unpaired) electrons. The van der Waals surface area contributed by atoms with E-state index in [1.54, 1.807) is 17.9 Å². The maximum Gasteiger partial charge on any atom is 0.244 e. The van der Waals surface area contributed by atoms with Gasteiger partial charge in [0.25, 0.3) is 0 Å². The highest BCUT2D eigenvalue weighted by Gasteiger charge is 2.32. The van der Waals surface area contributed by atoms with Crippen LogP contribution in [0, 0.1) is 0 Å². The Morgan fingerprint density at radius 3 is 2.81 bits per heavy atom. The largest absolute Gasteiger partial charge is 0.372 e. The molecule has 0 aliphatic carbocycles. The summed E-state index contributed by atoms with van der Waals surface area (Å²) < 4.78 is 7.52. The van der Waals surface area contributed by atoms with Crippen molar-refractivity contribution in [1.29, 1.82) is 0 Å². The molecular weight excluding hydrogens is 292 g/mol. The third-order valence-electron chi connectivity index (χ3n) is 3.69. The van der Waals surface area contributed by atoms with Crippen molar-refractivity contribution in [1.82, 2.24) is 20.0 Å². The van der Waals surface area contributed by atoms with Crippen molar-refractivity contribution in [3.8, 4) is 0 Å². The predicted octanol–water partition coefficient (Wildman–Crippen LogP) is 1.13. The molecule has 1 N–H and O–H groups in total. The topological polar surface area (TPSA) is 59.4 Å². The molecule has 1 fully saturated rings. The summed E-state index contributed by atoms with van der Waals surface area (Å²) in [5.41, 5.74) is 0.896. The highest BCUT2D eigenvalue weighted by Crippen LogP contribution is 2.20. The van der Waals surface area contributed by atoms with E-state index in [2.05, 4.69) is 17.3 Å². The number of morpholine rings is 1. The molecule has 0 saturated carbocycles. The number of carbonyl (C=O) groups is 1. The van der Waals surface area contributed by atoms with E-state index in [1.807, 2.05) is 25.1 Å². The Morgan fingerprint density at radius 2 is 2.29 bits per heavy atom. The Balaban J connectivity index is 0.00000220. The molecule has 21 heavy (non-hydrogen) atoms. The van der Waals surface area contributed by atoms with Gasteiger partial charge in [-0.05, 0) is 20.4 Å². The van der Waals surface area contributed by atoms with Crippen molar-refractivity contribution in [2.45, 2.75) is 38.5 Å². The zero-order valence-electron chi connectivity index (χ0n) is 13.1. The van der Waals surface area contributed by atoms with E-state index >= 15 is 0 Å². The standard InChI is InChI=1S/C14H24N4O2.ClH/c1-5-12-9-18(7-10(2)20-12)14(19)13(15-3)11-6-16-17(4)8-11;/h6,8,10,12-13,15H,5,7,9H2,1-4H3;1H. The summed E-state index contributed by atoms with van der Waals surface area (Å²) in [4.78, 5) is 14.6. The normalized spacial score (nSPS) is 23.5. The minimum Gasteiger partial charge on any atom is -0.372 e. The molecular formula is C14H25ClN4O2. The Bertz CT molecular complexity index is 466. The first-order chi connectivity index (χ1) is 9.55. The van der Waals surface area contributed by atoms with Crippen LogP contribution in [0.25, 0.3) is 0 Å². The highest BCUT2D eigenvalue weighted by atomic mass is 35.5. The van der Waals surface area contributed by atoms with Gasteiger partial charge < -0.3 is 15.0 Å². The number of carbonyl (C=O) groups excluding carboxylic acids is 1. The summed E-state index contributed by atoms with van der Waals surface area (Å²) >= 11 is 0. The monoisotopic (exact) mass is 316 g/mol. The third-order valence-corrected chi connectivity index (χ3v) is 3.69. The third kappa shape index (κ3) is 4.18. The SMILES string of the molecule is CCC1CN(C(=O)C(NC)c2cnn(C)c2)CC(C)O1.Cl. The van der Waals surface area contributed by atoms with Crippen LogP contribution in [0.1, 0.15) is 31.9 Å². The molecule has 2 heterocycles. The van der Waals surface area contributed by atoms with Gasteiger partial charge in [-0.1, -0.05) is 6.92 Å². The number of halogens is 1. The average molecular weight is 317 g/mol. The molecule has 1 aliphatic rings. The Kier molecular flexibility index (Phi) is 6.64. The first-order valence-corrected chi connectivity index (χ1v) is 7.15. The van der Waals surface area contributed by atoms with E-state index in [0.717, 1.165) is 12.0 Å². The van der Waals surface area contributed by atoms with Crippen molar-refractivity contribution >= 4 is 18.3 Å². The van der Waals surface area contributed by atoms with Crippen LogP contribution in [0.3, 0.4) is 0 Å². The zero-order valence-corrected chi connectivity index (χ0v) is 13.9. The zero-order chi connectivity index (χ0) is 14.7. The van der Waals surface area contributed by atoms with E-state index in [1.165, 1.54) is 0 Å². The molecule has 1 aliphatic heterocycles. The number of hydrogen-bond acceptors (Lipinski definition) is 4. The molecule has 2 rings (SSSR count). The molecule has 0 spiro atoms. The van der Waals surface area contributed by atoms with Crippen LogP contribution < -0.4 is 5.32 Å². The van der Waals surface area contributed by atoms with Gasteiger partial charge in [0.1, 0.15) is 6.04 Å². The summed E-state index contributed by atoms with van der Waals surface area (Å²) in [6.45, 7) is 5.41. The second kappa shape index (κ2) is 7.77. The van der Waals surface area contributed by atoms with Crippen molar-refractivity contribution < 1.29 is 9.53 Å². The summed E-state index contributed by atoms with van der Waals surface area (Å²) in [7, 11) is 3.65. The van der Waals surface area contributed by atoms with Crippen LogP contribution in [0.2, 0.25) is 0 Å².